The lowest BCUT2D eigenvalue weighted by Crippen LogP contribution is -2.43. The molecule has 1 fully saturated rings. The molecule has 0 aromatic carbocycles. The Morgan fingerprint density at radius 2 is 2.07 bits per heavy atom. The lowest BCUT2D eigenvalue weighted by atomic mass is 10.0. The maximum Gasteiger partial charge on any atom is 0.220 e. The zero-order chi connectivity index (χ0) is 11.3. The van der Waals surface area contributed by atoms with E-state index in [1.54, 1.807) is 0 Å². The van der Waals surface area contributed by atoms with Crippen LogP contribution < -0.4 is 5.32 Å². The molecule has 1 atom stereocenters. The molecule has 4 heteroatoms. The average molecular weight is 215 g/mol. The Morgan fingerprint density at radius 3 is 2.60 bits per heavy atom. The Hall–Kier alpha value is -0.610. The molecule has 0 aromatic heterocycles. The predicted molar refractivity (Wildman–Crippen MR) is 57.3 cm³/mol. The van der Waals surface area contributed by atoms with Gasteiger partial charge in [-0.3, -0.25) is 4.79 Å². The molecule has 0 radical (unpaired) electrons. The van der Waals surface area contributed by atoms with Crippen LogP contribution in [-0.2, 0) is 4.79 Å². The highest BCUT2D eigenvalue weighted by atomic mass is 16.3. The highest BCUT2D eigenvalue weighted by molar-refractivity contribution is 5.76. The molecule has 0 heterocycles. The molecule has 1 aliphatic rings. The van der Waals surface area contributed by atoms with E-state index >= 15 is 0 Å². The van der Waals surface area contributed by atoms with Crippen molar-refractivity contribution < 1.29 is 15.0 Å². The molecule has 3 N–H and O–H groups in total. The van der Waals surface area contributed by atoms with Crippen LogP contribution in [0, 0.1) is 5.92 Å². The van der Waals surface area contributed by atoms with Crippen molar-refractivity contribution in [1.29, 1.82) is 0 Å². The lowest BCUT2D eigenvalue weighted by molar-refractivity contribution is -0.123. The van der Waals surface area contributed by atoms with Crippen molar-refractivity contribution in [2.24, 2.45) is 5.92 Å². The van der Waals surface area contributed by atoms with Gasteiger partial charge in [0.25, 0.3) is 0 Å². The molecule has 1 aliphatic carbocycles. The van der Waals surface area contributed by atoms with Crippen LogP contribution in [0.3, 0.4) is 0 Å². The van der Waals surface area contributed by atoms with Crippen molar-refractivity contribution in [3.8, 4) is 0 Å². The zero-order valence-corrected chi connectivity index (χ0v) is 9.33. The first-order valence-electron chi connectivity index (χ1n) is 5.63. The van der Waals surface area contributed by atoms with Crippen molar-refractivity contribution in [2.45, 2.75) is 44.6 Å². The highest BCUT2D eigenvalue weighted by Crippen LogP contribution is 2.27. The zero-order valence-electron chi connectivity index (χ0n) is 9.33. The van der Waals surface area contributed by atoms with Crippen LogP contribution in [0.1, 0.15) is 39.0 Å². The number of aliphatic hydroxyl groups is 2. The molecule has 1 rings (SSSR count). The third-order valence-electron chi connectivity index (χ3n) is 2.96. The topological polar surface area (TPSA) is 69.6 Å². The van der Waals surface area contributed by atoms with Crippen LogP contribution in [0.4, 0.5) is 0 Å². The number of nitrogens with one attached hydrogen (secondary N) is 1. The minimum Gasteiger partial charge on any atom is -0.393 e. The fourth-order valence-electron chi connectivity index (χ4n) is 1.89. The van der Waals surface area contributed by atoms with Gasteiger partial charge in [0.15, 0.2) is 0 Å². The van der Waals surface area contributed by atoms with Gasteiger partial charge in [-0.25, -0.2) is 0 Å². The second kappa shape index (κ2) is 5.47. The smallest absolute Gasteiger partial charge is 0.220 e. The van der Waals surface area contributed by atoms with E-state index in [1.807, 2.05) is 0 Å². The monoisotopic (exact) mass is 215 g/mol. The minimum absolute atomic E-state index is 0.0179. The van der Waals surface area contributed by atoms with Crippen LogP contribution in [0.15, 0.2) is 0 Å². The molecule has 0 spiro atoms. The first-order chi connectivity index (χ1) is 7.03. The summed E-state index contributed by atoms with van der Waals surface area (Å²) in [5, 5.41) is 20.9. The van der Waals surface area contributed by atoms with Gasteiger partial charge < -0.3 is 15.5 Å². The second-order valence-corrected chi connectivity index (χ2v) is 4.79. The molecule has 1 saturated carbocycles. The number of carbonyl (C=O) groups excluding carboxylic acids is 1. The van der Waals surface area contributed by atoms with Gasteiger partial charge in [0.2, 0.25) is 5.91 Å². The van der Waals surface area contributed by atoms with Crippen LogP contribution in [0.5, 0.6) is 0 Å². The molecule has 88 valence electrons. The van der Waals surface area contributed by atoms with Crippen LogP contribution in [0.2, 0.25) is 0 Å². The fraction of sp³-hybridized carbons (Fsp3) is 0.909. The quantitative estimate of drug-likeness (QED) is 0.622. The molecular formula is C11H21NO3. The van der Waals surface area contributed by atoms with E-state index in [4.69, 9.17) is 5.11 Å². The molecule has 1 amide bonds. The predicted octanol–water partition coefficient (Wildman–Crippen LogP) is 0.426. The van der Waals surface area contributed by atoms with E-state index in [1.165, 1.54) is 19.8 Å². The standard InChI is InChI=1S/C11H21NO3/c1-11(15,8-13)7-12-10(14)6-9-4-2-3-5-9/h9,13,15H,2-8H2,1H3,(H,12,14). The molecule has 15 heavy (non-hydrogen) atoms. The maximum atomic E-state index is 11.5. The summed E-state index contributed by atoms with van der Waals surface area (Å²) in [5.41, 5.74) is -1.20. The largest absolute Gasteiger partial charge is 0.393 e. The number of aliphatic hydroxyl groups excluding tert-OH is 1. The van der Waals surface area contributed by atoms with Gasteiger partial charge in [-0.15, -0.1) is 0 Å². The summed E-state index contributed by atoms with van der Waals surface area (Å²) < 4.78 is 0. The molecule has 0 bridgehead atoms. The summed E-state index contributed by atoms with van der Waals surface area (Å²) in [7, 11) is 0. The summed E-state index contributed by atoms with van der Waals surface area (Å²) >= 11 is 0. The van der Waals surface area contributed by atoms with Gasteiger partial charge in [0.1, 0.15) is 5.60 Å². The van der Waals surface area contributed by atoms with E-state index in [0.29, 0.717) is 12.3 Å². The Labute approximate surface area is 90.7 Å². The van der Waals surface area contributed by atoms with Crippen LogP contribution in [-0.4, -0.2) is 34.9 Å². The Morgan fingerprint density at radius 1 is 1.47 bits per heavy atom. The second-order valence-electron chi connectivity index (χ2n) is 4.79. The number of carbonyl (C=O) groups is 1. The van der Waals surface area contributed by atoms with Gasteiger partial charge >= 0.3 is 0 Å². The minimum atomic E-state index is -1.20. The van der Waals surface area contributed by atoms with Crippen LogP contribution >= 0.6 is 0 Å². The average Bonchev–Trinajstić information content (AvgIpc) is 2.68. The van der Waals surface area contributed by atoms with Gasteiger partial charge in [-0.05, 0) is 25.7 Å². The summed E-state index contributed by atoms with van der Waals surface area (Å²) in [6, 6.07) is 0. The molecular weight excluding hydrogens is 194 g/mol. The van der Waals surface area contributed by atoms with E-state index in [0.717, 1.165) is 12.8 Å². The van der Waals surface area contributed by atoms with Crippen molar-refractivity contribution in [3.63, 3.8) is 0 Å². The van der Waals surface area contributed by atoms with Crippen molar-refractivity contribution in [3.05, 3.63) is 0 Å². The summed E-state index contributed by atoms with van der Waals surface area (Å²) in [5.74, 6) is 0.500. The summed E-state index contributed by atoms with van der Waals surface area (Å²) in [6.45, 7) is 1.29. The van der Waals surface area contributed by atoms with E-state index < -0.39 is 5.60 Å². The first kappa shape index (κ1) is 12.5. The van der Waals surface area contributed by atoms with Crippen molar-refractivity contribution in [1.82, 2.24) is 5.32 Å². The van der Waals surface area contributed by atoms with E-state index in [-0.39, 0.29) is 19.1 Å². The number of amides is 1. The third-order valence-corrected chi connectivity index (χ3v) is 2.96. The highest BCUT2D eigenvalue weighted by Gasteiger charge is 2.22. The molecule has 0 saturated heterocycles. The Kier molecular flexibility index (Phi) is 4.54. The lowest BCUT2D eigenvalue weighted by Gasteiger charge is -2.21. The summed E-state index contributed by atoms with van der Waals surface area (Å²) in [4.78, 5) is 11.5. The molecule has 0 aliphatic heterocycles. The van der Waals surface area contributed by atoms with Crippen LogP contribution in [0.25, 0.3) is 0 Å². The number of hydrogen-bond donors (Lipinski definition) is 3. The molecule has 0 aromatic rings. The first-order valence-corrected chi connectivity index (χ1v) is 5.63. The third kappa shape index (κ3) is 4.62. The van der Waals surface area contributed by atoms with Gasteiger partial charge in [-0.2, -0.15) is 0 Å². The Bertz CT molecular complexity index is 210. The van der Waals surface area contributed by atoms with E-state index in [2.05, 4.69) is 5.32 Å². The fourth-order valence-corrected chi connectivity index (χ4v) is 1.89. The molecule has 4 nitrogen and oxygen atoms in total. The Balaban J connectivity index is 2.18. The van der Waals surface area contributed by atoms with Gasteiger partial charge in [-0.1, -0.05) is 12.8 Å². The summed E-state index contributed by atoms with van der Waals surface area (Å²) in [6.07, 6.45) is 5.30. The number of hydrogen-bond acceptors (Lipinski definition) is 3. The van der Waals surface area contributed by atoms with E-state index in [9.17, 15) is 9.90 Å². The normalized spacial score (nSPS) is 21.3. The molecule has 1 unspecified atom stereocenters. The maximum absolute atomic E-state index is 11.5. The number of rotatable bonds is 5. The van der Waals surface area contributed by atoms with Crippen molar-refractivity contribution >= 4 is 5.91 Å². The van der Waals surface area contributed by atoms with Gasteiger partial charge in [0, 0.05) is 13.0 Å². The van der Waals surface area contributed by atoms with Gasteiger partial charge in [0.05, 0.1) is 6.61 Å². The SMILES string of the molecule is CC(O)(CO)CNC(=O)CC1CCCC1. The van der Waals surface area contributed by atoms with Crippen molar-refractivity contribution in [2.75, 3.05) is 13.2 Å².